The number of hydrogen-bond acceptors (Lipinski definition) is 3. The van der Waals surface area contributed by atoms with E-state index in [4.69, 9.17) is 11.6 Å². The summed E-state index contributed by atoms with van der Waals surface area (Å²) in [5, 5.41) is 6.49. The van der Waals surface area contributed by atoms with Gasteiger partial charge in [-0.25, -0.2) is 0 Å². The number of nitrogens with one attached hydrogen (secondary N) is 2. The molecule has 7 heteroatoms. The van der Waals surface area contributed by atoms with Crippen LogP contribution in [0.2, 0.25) is 5.02 Å². The SMILES string of the molecule is O=C1CC/C=C\C[C@@H](CC(=O)NCc2ccc(Cl)cc2)C(=O)N2CCC[C@H]2CN1. The van der Waals surface area contributed by atoms with Gasteiger partial charge in [0.1, 0.15) is 0 Å². The van der Waals surface area contributed by atoms with Crippen molar-refractivity contribution in [1.29, 1.82) is 0 Å². The average molecular weight is 418 g/mol. The maximum absolute atomic E-state index is 13.2. The first kappa shape index (κ1) is 21.4. The van der Waals surface area contributed by atoms with Crippen LogP contribution in [-0.4, -0.2) is 41.8 Å². The van der Waals surface area contributed by atoms with Crippen molar-refractivity contribution in [3.63, 3.8) is 0 Å². The van der Waals surface area contributed by atoms with E-state index in [2.05, 4.69) is 10.6 Å². The van der Waals surface area contributed by atoms with Gasteiger partial charge in [0.15, 0.2) is 0 Å². The van der Waals surface area contributed by atoms with Crippen molar-refractivity contribution in [2.45, 2.75) is 51.1 Å². The first-order valence-corrected chi connectivity index (χ1v) is 10.6. The van der Waals surface area contributed by atoms with Crippen LogP contribution >= 0.6 is 11.6 Å². The monoisotopic (exact) mass is 417 g/mol. The van der Waals surface area contributed by atoms with Crippen LogP contribution in [0.3, 0.4) is 0 Å². The predicted molar refractivity (Wildman–Crippen MR) is 112 cm³/mol. The summed E-state index contributed by atoms with van der Waals surface area (Å²) in [5.74, 6) is -0.490. The molecule has 2 heterocycles. The third-order valence-electron chi connectivity index (χ3n) is 5.50. The van der Waals surface area contributed by atoms with E-state index in [-0.39, 0.29) is 36.1 Å². The summed E-state index contributed by atoms with van der Waals surface area (Å²) in [6.45, 7) is 1.58. The summed E-state index contributed by atoms with van der Waals surface area (Å²) in [6, 6.07) is 7.34. The second kappa shape index (κ2) is 10.4. The minimum absolute atomic E-state index is 0.00798. The largest absolute Gasteiger partial charge is 0.354 e. The van der Waals surface area contributed by atoms with Gasteiger partial charge in [0, 0.05) is 43.5 Å². The minimum atomic E-state index is -0.382. The quantitative estimate of drug-likeness (QED) is 0.739. The molecule has 29 heavy (non-hydrogen) atoms. The van der Waals surface area contributed by atoms with Crippen LogP contribution in [0.15, 0.2) is 36.4 Å². The second-order valence-corrected chi connectivity index (χ2v) is 8.12. The van der Waals surface area contributed by atoms with Crippen molar-refractivity contribution in [2.75, 3.05) is 13.1 Å². The predicted octanol–water partition coefficient (Wildman–Crippen LogP) is 2.81. The number of carbonyl (C=O) groups excluding carboxylic acids is 3. The molecule has 2 N–H and O–H groups in total. The average Bonchev–Trinajstić information content (AvgIpc) is 3.18. The number of hydrogen-bond donors (Lipinski definition) is 2. The maximum Gasteiger partial charge on any atom is 0.226 e. The molecule has 2 aliphatic heterocycles. The lowest BCUT2D eigenvalue weighted by Crippen LogP contribution is -2.46. The lowest BCUT2D eigenvalue weighted by atomic mass is 9.97. The van der Waals surface area contributed by atoms with Gasteiger partial charge in [0.05, 0.1) is 5.92 Å². The van der Waals surface area contributed by atoms with Crippen LogP contribution in [0.4, 0.5) is 0 Å². The fraction of sp³-hybridized carbons (Fsp3) is 0.500. The van der Waals surface area contributed by atoms with Gasteiger partial charge >= 0.3 is 0 Å². The minimum Gasteiger partial charge on any atom is -0.354 e. The number of allylic oxidation sites excluding steroid dienone is 2. The Morgan fingerprint density at radius 2 is 2.00 bits per heavy atom. The van der Waals surface area contributed by atoms with Gasteiger partial charge in [0.25, 0.3) is 0 Å². The molecule has 0 aromatic heterocycles. The van der Waals surface area contributed by atoms with Crippen molar-refractivity contribution in [1.82, 2.24) is 15.5 Å². The van der Waals surface area contributed by atoms with Crippen LogP contribution in [-0.2, 0) is 20.9 Å². The third kappa shape index (κ3) is 6.32. The van der Waals surface area contributed by atoms with E-state index in [0.717, 1.165) is 18.4 Å². The highest BCUT2D eigenvalue weighted by atomic mass is 35.5. The second-order valence-electron chi connectivity index (χ2n) is 7.68. The first-order valence-electron chi connectivity index (χ1n) is 10.3. The van der Waals surface area contributed by atoms with Crippen LogP contribution in [0.5, 0.6) is 0 Å². The molecule has 2 atom stereocenters. The van der Waals surface area contributed by atoms with E-state index in [9.17, 15) is 14.4 Å². The fourth-order valence-corrected chi connectivity index (χ4v) is 3.98. The summed E-state index contributed by atoms with van der Waals surface area (Å²) in [7, 11) is 0. The number of amides is 3. The topological polar surface area (TPSA) is 78.5 Å². The number of halogens is 1. The maximum atomic E-state index is 13.2. The number of benzene rings is 1. The molecule has 0 radical (unpaired) electrons. The highest BCUT2D eigenvalue weighted by Gasteiger charge is 2.33. The summed E-state index contributed by atoms with van der Waals surface area (Å²) >= 11 is 5.89. The van der Waals surface area contributed by atoms with E-state index in [1.165, 1.54) is 0 Å². The number of carbonyl (C=O) groups is 3. The van der Waals surface area contributed by atoms with Crippen molar-refractivity contribution in [3.8, 4) is 0 Å². The molecule has 3 amide bonds. The highest BCUT2D eigenvalue weighted by molar-refractivity contribution is 6.30. The molecule has 156 valence electrons. The van der Waals surface area contributed by atoms with Crippen molar-refractivity contribution in [2.24, 2.45) is 5.92 Å². The summed E-state index contributed by atoms with van der Waals surface area (Å²) in [5.41, 5.74) is 0.961. The standard InChI is InChI=1S/C22H28ClN3O3/c23-18-10-8-16(9-11-18)14-24-21(28)13-17-5-2-1-3-7-20(27)25-15-19-6-4-12-26(19)22(17)29/h1-2,8-11,17,19H,3-7,12-15H2,(H,24,28)(H,25,27)/b2-1-/t17-,19-/m0/s1. The van der Waals surface area contributed by atoms with Gasteiger partial charge in [0.2, 0.25) is 17.7 Å². The molecule has 0 saturated carbocycles. The zero-order valence-electron chi connectivity index (χ0n) is 16.5. The summed E-state index contributed by atoms with van der Waals surface area (Å²) < 4.78 is 0. The Hall–Kier alpha value is -2.34. The molecule has 0 spiro atoms. The van der Waals surface area contributed by atoms with E-state index in [0.29, 0.717) is 43.9 Å². The van der Waals surface area contributed by atoms with Gasteiger partial charge < -0.3 is 15.5 Å². The van der Waals surface area contributed by atoms with Crippen LogP contribution in [0.25, 0.3) is 0 Å². The van der Waals surface area contributed by atoms with Gasteiger partial charge in [-0.1, -0.05) is 35.9 Å². The number of fused-ring (bicyclic) bond motifs is 1. The van der Waals surface area contributed by atoms with Crippen molar-refractivity contribution < 1.29 is 14.4 Å². The molecule has 1 saturated heterocycles. The Morgan fingerprint density at radius 1 is 1.21 bits per heavy atom. The van der Waals surface area contributed by atoms with Gasteiger partial charge in [-0.2, -0.15) is 0 Å². The highest BCUT2D eigenvalue weighted by Crippen LogP contribution is 2.23. The Bertz CT molecular complexity index is 763. The molecule has 0 unspecified atom stereocenters. The van der Waals surface area contributed by atoms with Crippen LogP contribution < -0.4 is 10.6 Å². The molecule has 1 fully saturated rings. The smallest absolute Gasteiger partial charge is 0.226 e. The molecule has 3 rings (SSSR count). The Balaban J connectivity index is 1.63. The Kier molecular flexibility index (Phi) is 7.69. The number of rotatable bonds is 4. The molecule has 1 aromatic carbocycles. The zero-order valence-corrected chi connectivity index (χ0v) is 17.3. The summed E-state index contributed by atoms with van der Waals surface area (Å²) in [4.78, 5) is 39.4. The summed E-state index contributed by atoms with van der Waals surface area (Å²) in [6.07, 6.45) is 7.43. The fourth-order valence-electron chi connectivity index (χ4n) is 3.86. The van der Waals surface area contributed by atoms with Gasteiger partial charge in [-0.3, -0.25) is 14.4 Å². The van der Waals surface area contributed by atoms with E-state index < -0.39 is 0 Å². The van der Waals surface area contributed by atoms with Crippen LogP contribution in [0.1, 0.15) is 44.1 Å². The lowest BCUT2D eigenvalue weighted by Gasteiger charge is -2.29. The van der Waals surface area contributed by atoms with Gasteiger partial charge in [-0.15, -0.1) is 0 Å². The Morgan fingerprint density at radius 3 is 2.79 bits per heavy atom. The molecular formula is C22H28ClN3O3. The van der Waals surface area contributed by atoms with Crippen molar-refractivity contribution >= 4 is 29.3 Å². The molecule has 2 aliphatic rings. The third-order valence-corrected chi connectivity index (χ3v) is 5.76. The lowest BCUT2D eigenvalue weighted by molar-refractivity contribution is -0.139. The number of nitrogens with zero attached hydrogens (tertiary/aromatic N) is 1. The molecular weight excluding hydrogens is 390 g/mol. The Labute approximate surface area is 176 Å². The first-order chi connectivity index (χ1) is 14.0. The van der Waals surface area contributed by atoms with Crippen LogP contribution in [0, 0.1) is 5.92 Å². The van der Waals surface area contributed by atoms with E-state index >= 15 is 0 Å². The van der Waals surface area contributed by atoms with E-state index in [1.807, 2.05) is 29.2 Å². The van der Waals surface area contributed by atoms with Crippen molar-refractivity contribution in [3.05, 3.63) is 47.0 Å². The van der Waals surface area contributed by atoms with Gasteiger partial charge in [-0.05, 0) is 43.4 Å². The zero-order chi connectivity index (χ0) is 20.6. The molecule has 1 aromatic rings. The normalized spacial score (nSPS) is 24.1. The molecule has 0 aliphatic carbocycles. The van der Waals surface area contributed by atoms with E-state index in [1.54, 1.807) is 12.1 Å². The molecule has 6 nitrogen and oxygen atoms in total. The molecule has 0 bridgehead atoms.